The predicted molar refractivity (Wildman–Crippen MR) is 69.6 cm³/mol. The molecule has 1 aliphatic rings. The fourth-order valence-corrected chi connectivity index (χ4v) is 2.55. The van der Waals surface area contributed by atoms with Crippen LogP contribution < -0.4 is 0 Å². The van der Waals surface area contributed by atoms with Crippen LogP contribution in [0.25, 0.3) is 10.9 Å². The van der Waals surface area contributed by atoms with Crippen LogP contribution in [0.15, 0.2) is 30.5 Å². The summed E-state index contributed by atoms with van der Waals surface area (Å²) in [6.45, 7) is 1.47. The van der Waals surface area contributed by atoms with E-state index in [1.807, 2.05) is 35.4 Å². The minimum atomic E-state index is 0.0970. The number of methoxy groups -OCH3 is 1. The maximum atomic E-state index is 12.5. The molecule has 0 aliphatic carbocycles. The van der Waals surface area contributed by atoms with E-state index in [2.05, 4.69) is 4.98 Å². The number of hydrogen-bond donors (Lipinski definition) is 1. The number of aromatic nitrogens is 1. The van der Waals surface area contributed by atoms with Gasteiger partial charge >= 0.3 is 0 Å². The number of benzene rings is 1. The van der Waals surface area contributed by atoms with Crippen molar-refractivity contribution in [1.82, 2.24) is 9.88 Å². The first-order valence-electron chi connectivity index (χ1n) is 6.18. The summed E-state index contributed by atoms with van der Waals surface area (Å²) in [4.78, 5) is 17.5. The number of carbonyl (C=O) groups is 1. The molecule has 2 aromatic rings. The number of ether oxygens (including phenoxy) is 1. The van der Waals surface area contributed by atoms with Crippen molar-refractivity contribution >= 4 is 16.8 Å². The second-order valence-corrected chi connectivity index (χ2v) is 4.64. The molecule has 0 bridgehead atoms. The van der Waals surface area contributed by atoms with E-state index >= 15 is 0 Å². The fourth-order valence-electron chi connectivity index (χ4n) is 2.55. The summed E-state index contributed by atoms with van der Waals surface area (Å²) in [6.07, 6.45) is 2.97. The van der Waals surface area contributed by atoms with Crippen LogP contribution in [0.3, 0.4) is 0 Å². The van der Waals surface area contributed by atoms with Gasteiger partial charge in [0.15, 0.2) is 0 Å². The van der Waals surface area contributed by atoms with Gasteiger partial charge in [-0.25, -0.2) is 0 Å². The predicted octanol–water partition coefficient (Wildman–Crippen LogP) is 2.03. The second-order valence-electron chi connectivity index (χ2n) is 4.64. The highest BCUT2D eigenvalue weighted by molar-refractivity contribution is 6.06. The number of nitrogens with one attached hydrogen (secondary N) is 1. The van der Waals surface area contributed by atoms with Crippen LogP contribution >= 0.6 is 0 Å². The first kappa shape index (κ1) is 11.3. The van der Waals surface area contributed by atoms with Crippen LogP contribution in [-0.2, 0) is 4.74 Å². The van der Waals surface area contributed by atoms with E-state index in [0.717, 1.165) is 29.4 Å². The van der Waals surface area contributed by atoms with Crippen molar-refractivity contribution in [3.05, 3.63) is 36.0 Å². The Labute approximate surface area is 106 Å². The molecular formula is C14H16N2O2. The van der Waals surface area contributed by atoms with Gasteiger partial charge in [-0.2, -0.15) is 0 Å². The molecule has 0 radical (unpaired) electrons. The molecule has 1 fully saturated rings. The molecule has 3 rings (SSSR count). The third-order valence-electron chi connectivity index (χ3n) is 3.59. The van der Waals surface area contributed by atoms with Crippen molar-refractivity contribution in [3.8, 4) is 0 Å². The summed E-state index contributed by atoms with van der Waals surface area (Å²) >= 11 is 0. The maximum Gasteiger partial charge on any atom is 0.254 e. The van der Waals surface area contributed by atoms with E-state index in [-0.39, 0.29) is 12.0 Å². The van der Waals surface area contributed by atoms with Gasteiger partial charge in [0.25, 0.3) is 5.91 Å². The molecule has 94 valence electrons. The molecule has 1 amide bonds. The minimum absolute atomic E-state index is 0.0970. The lowest BCUT2D eigenvalue weighted by Crippen LogP contribution is -2.30. The molecule has 1 aromatic heterocycles. The summed E-state index contributed by atoms with van der Waals surface area (Å²) in [5, 5.41) is 0.989. The van der Waals surface area contributed by atoms with Crippen molar-refractivity contribution in [2.45, 2.75) is 12.5 Å². The minimum Gasteiger partial charge on any atom is -0.380 e. The molecule has 1 aromatic carbocycles. The first-order chi connectivity index (χ1) is 8.79. The van der Waals surface area contributed by atoms with Gasteiger partial charge in [0.2, 0.25) is 0 Å². The molecular weight excluding hydrogens is 228 g/mol. The number of H-pyrrole nitrogens is 1. The van der Waals surface area contributed by atoms with Gasteiger partial charge in [0, 0.05) is 42.9 Å². The Balaban J connectivity index is 1.90. The average molecular weight is 244 g/mol. The maximum absolute atomic E-state index is 12.5. The molecule has 1 N–H and O–H groups in total. The Bertz CT molecular complexity index is 576. The third-order valence-corrected chi connectivity index (χ3v) is 3.59. The number of nitrogens with zero attached hydrogens (tertiary/aromatic N) is 1. The van der Waals surface area contributed by atoms with Crippen LogP contribution in [0.5, 0.6) is 0 Å². The van der Waals surface area contributed by atoms with Crippen LogP contribution in [0.4, 0.5) is 0 Å². The van der Waals surface area contributed by atoms with E-state index in [1.165, 1.54) is 0 Å². The highest BCUT2D eigenvalue weighted by Gasteiger charge is 2.27. The molecule has 0 spiro atoms. The van der Waals surface area contributed by atoms with Crippen molar-refractivity contribution in [2.24, 2.45) is 0 Å². The van der Waals surface area contributed by atoms with Crippen LogP contribution in [0.1, 0.15) is 16.8 Å². The standard InChI is InChI=1S/C14H16N2O2/c1-18-10-6-8-16(9-10)14(17)12-3-2-4-13-11(12)5-7-15-13/h2-5,7,10,15H,6,8-9H2,1H3. The Kier molecular flexibility index (Phi) is 2.80. The first-order valence-corrected chi connectivity index (χ1v) is 6.18. The van der Waals surface area contributed by atoms with Crippen molar-refractivity contribution in [1.29, 1.82) is 0 Å². The lowest BCUT2D eigenvalue weighted by atomic mass is 10.1. The van der Waals surface area contributed by atoms with Crippen LogP contribution in [-0.4, -0.2) is 42.1 Å². The van der Waals surface area contributed by atoms with Gasteiger partial charge in [-0.1, -0.05) is 6.07 Å². The number of fused-ring (bicyclic) bond motifs is 1. The van der Waals surface area contributed by atoms with Crippen LogP contribution in [0, 0.1) is 0 Å². The van der Waals surface area contributed by atoms with Crippen molar-refractivity contribution in [3.63, 3.8) is 0 Å². The van der Waals surface area contributed by atoms with E-state index < -0.39 is 0 Å². The highest BCUT2D eigenvalue weighted by atomic mass is 16.5. The summed E-state index contributed by atoms with van der Waals surface area (Å²) in [6, 6.07) is 7.73. The van der Waals surface area contributed by atoms with Gasteiger partial charge in [0.1, 0.15) is 0 Å². The lowest BCUT2D eigenvalue weighted by molar-refractivity contribution is 0.0726. The summed E-state index contributed by atoms with van der Waals surface area (Å²) in [5.41, 5.74) is 1.77. The van der Waals surface area contributed by atoms with Gasteiger partial charge in [-0.15, -0.1) is 0 Å². The van der Waals surface area contributed by atoms with E-state index in [1.54, 1.807) is 7.11 Å². The largest absolute Gasteiger partial charge is 0.380 e. The molecule has 4 nitrogen and oxygen atoms in total. The van der Waals surface area contributed by atoms with E-state index in [9.17, 15) is 4.79 Å². The van der Waals surface area contributed by atoms with E-state index in [0.29, 0.717) is 6.54 Å². The van der Waals surface area contributed by atoms with Crippen LogP contribution in [0.2, 0.25) is 0 Å². The molecule has 0 saturated carbocycles. The molecule has 1 unspecified atom stereocenters. The Morgan fingerprint density at radius 1 is 1.44 bits per heavy atom. The molecule has 1 atom stereocenters. The molecule has 4 heteroatoms. The molecule has 2 heterocycles. The quantitative estimate of drug-likeness (QED) is 0.878. The van der Waals surface area contributed by atoms with Crippen molar-refractivity contribution < 1.29 is 9.53 Å². The third kappa shape index (κ3) is 1.78. The molecule has 1 aliphatic heterocycles. The Hall–Kier alpha value is -1.81. The average Bonchev–Trinajstić information content (AvgIpc) is 3.05. The zero-order valence-corrected chi connectivity index (χ0v) is 10.3. The Morgan fingerprint density at radius 2 is 2.33 bits per heavy atom. The van der Waals surface area contributed by atoms with Gasteiger partial charge in [0.05, 0.1) is 6.10 Å². The molecule has 18 heavy (non-hydrogen) atoms. The van der Waals surface area contributed by atoms with E-state index in [4.69, 9.17) is 4.74 Å². The van der Waals surface area contributed by atoms with Crippen molar-refractivity contribution in [2.75, 3.05) is 20.2 Å². The number of aromatic amines is 1. The number of amides is 1. The Morgan fingerprint density at radius 3 is 3.11 bits per heavy atom. The number of carbonyl (C=O) groups excluding carboxylic acids is 1. The summed E-state index contributed by atoms with van der Waals surface area (Å²) in [5.74, 6) is 0.0970. The monoisotopic (exact) mass is 244 g/mol. The van der Waals surface area contributed by atoms with Gasteiger partial charge in [-0.3, -0.25) is 4.79 Å². The summed E-state index contributed by atoms with van der Waals surface area (Å²) in [7, 11) is 1.70. The highest BCUT2D eigenvalue weighted by Crippen LogP contribution is 2.21. The van der Waals surface area contributed by atoms with Gasteiger partial charge < -0.3 is 14.6 Å². The zero-order valence-electron chi connectivity index (χ0n) is 10.3. The number of likely N-dealkylation sites (tertiary alicyclic amines) is 1. The topological polar surface area (TPSA) is 45.3 Å². The zero-order chi connectivity index (χ0) is 12.5. The number of rotatable bonds is 2. The summed E-state index contributed by atoms with van der Waals surface area (Å²) < 4.78 is 5.30. The normalized spacial score (nSPS) is 19.6. The smallest absolute Gasteiger partial charge is 0.254 e. The fraction of sp³-hybridized carbons (Fsp3) is 0.357. The lowest BCUT2D eigenvalue weighted by Gasteiger charge is -2.16. The molecule has 1 saturated heterocycles. The van der Waals surface area contributed by atoms with Gasteiger partial charge in [-0.05, 0) is 24.6 Å². The number of hydrogen-bond acceptors (Lipinski definition) is 2. The second kappa shape index (κ2) is 4.46. The SMILES string of the molecule is COC1CCN(C(=O)c2cccc3[nH]ccc23)C1.